The van der Waals surface area contributed by atoms with E-state index in [1.807, 2.05) is 140 Å². The van der Waals surface area contributed by atoms with E-state index >= 15 is 0 Å². The minimum atomic E-state index is -1.21. The van der Waals surface area contributed by atoms with Gasteiger partial charge in [0, 0.05) is 30.4 Å². The molecule has 0 aliphatic carbocycles. The highest BCUT2D eigenvalue weighted by Gasteiger charge is 2.40. The van der Waals surface area contributed by atoms with Crippen LogP contribution in [0.15, 0.2) is 140 Å². The van der Waals surface area contributed by atoms with Crippen LogP contribution < -0.4 is 10.4 Å². The smallest absolute Gasteiger partial charge is 0.307 e. The lowest BCUT2D eigenvalue weighted by Gasteiger charge is -2.35. The summed E-state index contributed by atoms with van der Waals surface area (Å²) in [5, 5.41) is 0. The average Bonchev–Trinajstić information content (AvgIpc) is 3.13. The Bertz CT molecular complexity index is 1750. The number of anilines is 1. The maximum atomic E-state index is 14.2. The van der Waals surface area contributed by atoms with Gasteiger partial charge in [-0.1, -0.05) is 109 Å². The molecule has 1 heterocycles. The van der Waals surface area contributed by atoms with Crippen LogP contribution >= 0.6 is 0 Å². The predicted molar refractivity (Wildman–Crippen MR) is 195 cm³/mol. The number of aromatic nitrogens is 1. The van der Waals surface area contributed by atoms with E-state index in [-0.39, 0.29) is 18.7 Å². The van der Waals surface area contributed by atoms with Crippen molar-refractivity contribution in [2.75, 3.05) is 11.4 Å². The third-order valence-corrected chi connectivity index (χ3v) is 8.19. The first kappa shape index (κ1) is 35.7. The lowest BCUT2D eigenvalue weighted by molar-refractivity contribution is -0.158. The van der Waals surface area contributed by atoms with Gasteiger partial charge in [0.15, 0.2) is 5.60 Å². The number of nitrogens with zero attached hydrogens (tertiary/aromatic N) is 2. The van der Waals surface area contributed by atoms with Gasteiger partial charge in [0.2, 0.25) is 11.8 Å². The number of nitrogens with one attached hydrogen (secondary N) is 1. The van der Waals surface area contributed by atoms with E-state index in [0.717, 1.165) is 27.9 Å². The molecule has 1 atom stereocenters. The molecule has 2 amide bonds. The Kier molecular flexibility index (Phi) is 11.6. The van der Waals surface area contributed by atoms with Crippen molar-refractivity contribution in [3.8, 4) is 11.3 Å². The number of rotatable bonds is 13. The number of carbonyl (C=O) groups excluding carboxylic acids is 3. The molecule has 4 aromatic carbocycles. The molecule has 0 fully saturated rings. The maximum Gasteiger partial charge on any atom is 0.307 e. The van der Waals surface area contributed by atoms with Crippen molar-refractivity contribution in [3.63, 3.8) is 0 Å². The summed E-state index contributed by atoms with van der Waals surface area (Å²) >= 11 is 0. The van der Waals surface area contributed by atoms with Crippen LogP contribution in [0.2, 0.25) is 0 Å². The predicted octanol–water partition coefficient (Wildman–Crippen LogP) is 7.88. The molecule has 0 saturated heterocycles. The zero-order valence-electron chi connectivity index (χ0n) is 28.9. The van der Waals surface area contributed by atoms with Crippen LogP contribution in [-0.4, -0.2) is 34.9 Å². The van der Waals surface area contributed by atoms with E-state index in [2.05, 4.69) is 10.5 Å². The van der Waals surface area contributed by atoms with E-state index in [0.29, 0.717) is 12.2 Å². The average molecular weight is 670 g/mol. The second-order valence-electron chi connectivity index (χ2n) is 12.9. The Morgan fingerprint density at radius 3 is 1.68 bits per heavy atom. The number of hydrogen-bond acceptors (Lipinski definition) is 6. The van der Waals surface area contributed by atoms with Crippen molar-refractivity contribution in [1.29, 1.82) is 0 Å². The number of hydroxylamine groups is 1. The van der Waals surface area contributed by atoms with Crippen molar-refractivity contribution < 1.29 is 24.0 Å². The van der Waals surface area contributed by atoms with Crippen LogP contribution in [0.25, 0.3) is 11.3 Å². The van der Waals surface area contributed by atoms with E-state index in [9.17, 15) is 14.4 Å². The Hall–Kier alpha value is -5.60. The molecular weight excluding hydrogens is 626 g/mol. The molecule has 0 radical (unpaired) electrons. The molecule has 0 saturated carbocycles. The van der Waals surface area contributed by atoms with Gasteiger partial charge in [-0.15, -0.1) is 0 Å². The quantitative estimate of drug-likeness (QED) is 0.0779. The summed E-state index contributed by atoms with van der Waals surface area (Å²) in [7, 11) is 0. The zero-order chi connectivity index (χ0) is 35.6. The molecule has 1 N–H and O–H groups in total. The Balaban J connectivity index is 1.43. The molecule has 5 rings (SSSR count). The van der Waals surface area contributed by atoms with Crippen LogP contribution in [-0.2, 0) is 29.6 Å². The van der Waals surface area contributed by atoms with Crippen LogP contribution in [0.4, 0.5) is 5.69 Å². The Morgan fingerprint density at radius 1 is 0.700 bits per heavy atom. The lowest BCUT2D eigenvalue weighted by Crippen LogP contribution is -2.43. The maximum absolute atomic E-state index is 14.2. The van der Waals surface area contributed by atoms with Crippen molar-refractivity contribution in [2.24, 2.45) is 5.92 Å². The number of carbonyl (C=O) groups is 3. The van der Waals surface area contributed by atoms with Crippen molar-refractivity contribution in [1.82, 2.24) is 10.5 Å². The molecule has 0 aliphatic heterocycles. The van der Waals surface area contributed by atoms with Crippen molar-refractivity contribution >= 4 is 23.5 Å². The molecule has 256 valence electrons. The standard InChI is InChI=1S/C42H43N3O5/c1-5-45(36-26-24-31(25-27-36)37-23-15-16-28-43-37)40(48)32(30-39(47)49-41(2,3)4)29-38(46)44-50-42(33-17-9-6-10-18-33,34-19-11-7-12-20-34)35-21-13-8-14-22-35/h6-28,32H,5,29-30H2,1-4H3,(H,44,46). The Labute approximate surface area is 294 Å². The summed E-state index contributed by atoms with van der Waals surface area (Å²) in [4.78, 5) is 53.7. The SMILES string of the molecule is CCN(C(=O)C(CC(=O)NOC(c1ccccc1)(c1ccccc1)c1ccccc1)CC(=O)OC(C)(C)C)c1ccc(-c2ccccn2)cc1. The van der Waals surface area contributed by atoms with Crippen molar-refractivity contribution in [3.05, 3.63) is 156 Å². The number of amides is 2. The fraction of sp³-hybridized carbons (Fsp3) is 0.238. The highest BCUT2D eigenvalue weighted by atomic mass is 16.7. The molecule has 0 spiro atoms. The third kappa shape index (κ3) is 8.70. The Morgan fingerprint density at radius 2 is 1.22 bits per heavy atom. The molecular formula is C42H43N3O5. The molecule has 1 aromatic heterocycles. The number of esters is 1. The van der Waals surface area contributed by atoms with Gasteiger partial charge < -0.3 is 9.64 Å². The van der Waals surface area contributed by atoms with Gasteiger partial charge in [0.1, 0.15) is 5.60 Å². The van der Waals surface area contributed by atoms with Gasteiger partial charge in [0.05, 0.1) is 18.0 Å². The molecule has 1 unspecified atom stereocenters. The van der Waals surface area contributed by atoms with Gasteiger partial charge in [-0.25, -0.2) is 5.48 Å². The van der Waals surface area contributed by atoms with Crippen LogP contribution in [0.5, 0.6) is 0 Å². The zero-order valence-corrected chi connectivity index (χ0v) is 28.9. The summed E-state index contributed by atoms with van der Waals surface area (Å²) in [5.74, 6) is -2.53. The number of hydrogen-bond donors (Lipinski definition) is 1. The highest BCUT2D eigenvalue weighted by molar-refractivity contribution is 5.99. The second kappa shape index (κ2) is 16.2. The molecule has 0 bridgehead atoms. The van der Waals surface area contributed by atoms with E-state index in [4.69, 9.17) is 9.57 Å². The lowest BCUT2D eigenvalue weighted by atomic mass is 9.80. The summed E-state index contributed by atoms with van der Waals surface area (Å²) in [6.07, 6.45) is 1.13. The molecule has 50 heavy (non-hydrogen) atoms. The molecule has 8 heteroatoms. The van der Waals surface area contributed by atoms with Crippen molar-refractivity contribution in [2.45, 2.75) is 51.7 Å². The first-order valence-corrected chi connectivity index (χ1v) is 16.8. The van der Waals surface area contributed by atoms with Crippen LogP contribution in [0.1, 0.15) is 57.2 Å². The minimum Gasteiger partial charge on any atom is -0.460 e. The summed E-state index contributed by atoms with van der Waals surface area (Å²) in [6, 6.07) is 42.1. The normalized spacial score (nSPS) is 12.1. The highest BCUT2D eigenvalue weighted by Crippen LogP contribution is 2.39. The van der Waals surface area contributed by atoms with Crippen LogP contribution in [0, 0.1) is 5.92 Å². The summed E-state index contributed by atoms with van der Waals surface area (Å²) < 4.78 is 5.59. The van der Waals surface area contributed by atoms with E-state index in [1.165, 1.54) is 0 Å². The number of benzene rings is 4. The monoisotopic (exact) mass is 669 g/mol. The van der Waals surface area contributed by atoms with E-state index in [1.54, 1.807) is 31.9 Å². The fourth-order valence-corrected chi connectivity index (χ4v) is 5.96. The number of pyridine rings is 1. The van der Waals surface area contributed by atoms with Gasteiger partial charge in [-0.05, 0) is 68.7 Å². The minimum absolute atomic E-state index is 0.284. The first-order valence-electron chi connectivity index (χ1n) is 16.8. The third-order valence-electron chi connectivity index (χ3n) is 8.19. The van der Waals surface area contributed by atoms with Gasteiger partial charge in [-0.2, -0.15) is 0 Å². The summed E-state index contributed by atoms with van der Waals surface area (Å²) in [6.45, 7) is 7.47. The molecule has 0 aliphatic rings. The largest absolute Gasteiger partial charge is 0.460 e. The van der Waals surface area contributed by atoms with Gasteiger partial charge in [-0.3, -0.25) is 24.2 Å². The molecule has 5 aromatic rings. The van der Waals surface area contributed by atoms with Gasteiger partial charge >= 0.3 is 5.97 Å². The number of ether oxygens (including phenoxy) is 1. The van der Waals surface area contributed by atoms with E-state index < -0.39 is 29.0 Å². The molecule has 8 nitrogen and oxygen atoms in total. The topological polar surface area (TPSA) is 97.8 Å². The second-order valence-corrected chi connectivity index (χ2v) is 12.9. The first-order chi connectivity index (χ1) is 24.1. The van der Waals surface area contributed by atoms with Crippen LogP contribution in [0.3, 0.4) is 0 Å². The fourth-order valence-electron chi connectivity index (χ4n) is 5.96. The van der Waals surface area contributed by atoms with Gasteiger partial charge in [0.25, 0.3) is 0 Å². The summed E-state index contributed by atoms with van der Waals surface area (Å²) in [5.41, 5.74) is 5.44.